The Morgan fingerprint density at radius 1 is 0.274 bits per heavy atom. The number of fused-ring (bicyclic) bond motifs is 6. The molecule has 0 fully saturated rings. The Morgan fingerprint density at radius 3 is 0.964 bits per heavy atom. The van der Waals surface area contributed by atoms with Gasteiger partial charge >= 0.3 is 0 Å². The van der Waals surface area contributed by atoms with Crippen LogP contribution in [-0.2, 0) is 10.8 Å². The van der Waals surface area contributed by atoms with Crippen LogP contribution in [0.15, 0.2) is 195 Å². The van der Waals surface area contributed by atoms with Crippen LogP contribution in [0, 0.1) is 0 Å². The smallest absolute Gasteiger partial charge is 0.0273 e. The van der Waals surface area contributed by atoms with Crippen molar-refractivity contribution in [3.05, 3.63) is 239 Å². The highest BCUT2D eigenvalue weighted by atomic mass is 14.6. The highest BCUT2D eigenvalue weighted by Gasteiger charge is 2.45. The van der Waals surface area contributed by atoms with Gasteiger partial charge in [0.05, 0.1) is 0 Å². The van der Waals surface area contributed by atoms with Crippen molar-refractivity contribution in [1.82, 2.24) is 9.97 Å². The van der Waals surface area contributed by atoms with Crippen LogP contribution in [0.25, 0.3) is 91.1 Å². The Labute approximate surface area is 504 Å². The summed E-state index contributed by atoms with van der Waals surface area (Å²) in [5.41, 5.74) is 26.7. The minimum atomic E-state index is -0.123. The monoisotopic (exact) mass is 1100 g/mol. The van der Waals surface area contributed by atoms with Crippen molar-refractivity contribution < 1.29 is 0 Å². The number of aromatic nitrogens is 2. The lowest BCUT2D eigenvalue weighted by atomic mass is 9.69. The molecule has 0 atom stereocenters. The molecule has 0 aliphatic heterocycles. The van der Waals surface area contributed by atoms with Gasteiger partial charge in [0.1, 0.15) is 0 Å². The highest BCUT2D eigenvalue weighted by molar-refractivity contribution is 5.93. The minimum absolute atomic E-state index is 0.0288. The van der Waals surface area contributed by atoms with Crippen LogP contribution in [0.2, 0.25) is 0 Å². The van der Waals surface area contributed by atoms with Gasteiger partial charge in [0.2, 0.25) is 0 Å². The van der Waals surface area contributed by atoms with E-state index in [0.717, 1.165) is 24.0 Å². The number of nitrogens with zero attached hydrogens (tertiary/aromatic N) is 2. The predicted molar refractivity (Wildman–Crippen MR) is 362 cm³/mol. The van der Waals surface area contributed by atoms with E-state index in [2.05, 4.69) is 232 Å². The maximum absolute atomic E-state index is 4.35. The third kappa shape index (κ3) is 12.6. The normalized spacial score (nSPS) is 13.6. The van der Waals surface area contributed by atoms with Gasteiger partial charge in [-0.1, -0.05) is 264 Å². The summed E-state index contributed by atoms with van der Waals surface area (Å²) in [5, 5.41) is 0. The maximum atomic E-state index is 4.35. The first-order valence-corrected chi connectivity index (χ1v) is 32.5. The summed E-state index contributed by atoms with van der Waals surface area (Å²) in [5.74, 6) is 0. The van der Waals surface area contributed by atoms with Gasteiger partial charge in [0.15, 0.2) is 0 Å². The molecule has 2 heteroatoms. The largest absolute Gasteiger partial charge is 0.265 e. The lowest BCUT2D eigenvalue weighted by Gasteiger charge is -2.34. The molecule has 2 aromatic heterocycles. The van der Waals surface area contributed by atoms with Crippen LogP contribution in [0.1, 0.15) is 201 Å². The van der Waals surface area contributed by atoms with E-state index >= 15 is 0 Å². The van der Waals surface area contributed by atoms with Gasteiger partial charge in [-0.15, -0.1) is 0 Å². The lowest BCUT2D eigenvalue weighted by molar-refractivity contribution is 0.401. The third-order valence-electron chi connectivity index (χ3n) is 18.9. The van der Waals surface area contributed by atoms with E-state index in [-0.39, 0.29) is 10.8 Å². The molecule has 0 radical (unpaired) electrons. The fourth-order valence-electron chi connectivity index (χ4n) is 14.4. The molecule has 2 aliphatic rings. The van der Waals surface area contributed by atoms with Crippen LogP contribution >= 0.6 is 0 Å². The molecule has 0 saturated carbocycles. The van der Waals surface area contributed by atoms with Gasteiger partial charge in [-0.25, -0.2) is 0 Å². The summed E-state index contributed by atoms with van der Waals surface area (Å²) in [7, 11) is 0. The molecule has 84 heavy (non-hydrogen) atoms. The molecule has 2 nitrogen and oxygen atoms in total. The molecule has 0 N–H and O–H groups in total. The van der Waals surface area contributed by atoms with Crippen LogP contribution in [0.3, 0.4) is 0 Å². The SMILES string of the molecule is CCCCCCC1(CCCCCC)c2cc(-c3ccccc3)ccc2-c2ccc(-c3ccc4c(c3)C(CCCCCC)(CCCCCC)c3cc(-c5cc(/C=C/c6ccncc6)c(-c6ccccc6)cc5/C=C/c5ccncc5)ccc3-4)cc21. The third-order valence-corrected chi connectivity index (χ3v) is 18.9. The topological polar surface area (TPSA) is 25.8 Å². The van der Waals surface area contributed by atoms with Crippen molar-refractivity contribution in [3.8, 4) is 66.8 Å². The molecule has 0 amide bonds. The number of benzene rings is 7. The summed E-state index contributed by atoms with van der Waals surface area (Å²) >= 11 is 0. The molecule has 426 valence electrons. The molecule has 2 aliphatic carbocycles. The lowest BCUT2D eigenvalue weighted by Crippen LogP contribution is -2.26. The second-order valence-corrected chi connectivity index (χ2v) is 24.4. The van der Waals surface area contributed by atoms with Crippen molar-refractivity contribution in [1.29, 1.82) is 0 Å². The van der Waals surface area contributed by atoms with Crippen molar-refractivity contribution >= 4 is 24.3 Å². The molecule has 9 aromatic rings. The van der Waals surface area contributed by atoms with E-state index in [0.29, 0.717) is 0 Å². The number of unbranched alkanes of at least 4 members (excludes halogenated alkanes) is 12. The second kappa shape index (κ2) is 27.8. The molecule has 0 unspecified atom stereocenters. The van der Waals surface area contributed by atoms with Gasteiger partial charge in [0, 0.05) is 35.6 Å². The zero-order chi connectivity index (χ0) is 57.6. The summed E-state index contributed by atoms with van der Waals surface area (Å²) < 4.78 is 0. The van der Waals surface area contributed by atoms with Crippen molar-refractivity contribution in [2.45, 2.75) is 167 Å². The van der Waals surface area contributed by atoms with Gasteiger partial charge in [-0.2, -0.15) is 0 Å². The molecular weight excluding hydrogens is 1010 g/mol. The number of rotatable bonds is 28. The van der Waals surface area contributed by atoms with Gasteiger partial charge in [-0.05, 0) is 198 Å². The molecule has 0 bridgehead atoms. The van der Waals surface area contributed by atoms with Crippen molar-refractivity contribution in [2.24, 2.45) is 0 Å². The second-order valence-electron chi connectivity index (χ2n) is 24.4. The summed E-state index contributed by atoms with van der Waals surface area (Å²) in [6.45, 7) is 9.41. The molecule has 2 heterocycles. The van der Waals surface area contributed by atoms with E-state index in [1.54, 1.807) is 16.7 Å². The average molecular weight is 1100 g/mol. The number of hydrogen-bond acceptors (Lipinski definition) is 2. The number of pyridine rings is 2. The van der Waals surface area contributed by atoms with Crippen molar-refractivity contribution in [3.63, 3.8) is 0 Å². The van der Waals surface area contributed by atoms with E-state index < -0.39 is 0 Å². The Hall–Kier alpha value is -7.68. The molecule has 11 rings (SSSR count). The van der Waals surface area contributed by atoms with Crippen LogP contribution in [0.4, 0.5) is 0 Å². The Balaban J connectivity index is 1.07. The van der Waals surface area contributed by atoms with Gasteiger partial charge < -0.3 is 0 Å². The van der Waals surface area contributed by atoms with E-state index in [1.807, 2.05) is 24.8 Å². The average Bonchev–Trinajstić information content (AvgIpc) is 3.34. The Morgan fingerprint density at radius 2 is 0.595 bits per heavy atom. The predicted octanol–water partition coefficient (Wildman–Crippen LogP) is 23.9. The van der Waals surface area contributed by atoms with Gasteiger partial charge in [0.25, 0.3) is 0 Å². The Kier molecular flexibility index (Phi) is 19.2. The number of hydrogen-bond donors (Lipinski definition) is 0. The van der Waals surface area contributed by atoms with Gasteiger partial charge in [-0.3, -0.25) is 9.97 Å². The first-order valence-electron chi connectivity index (χ1n) is 32.5. The zero-order valence-electron chi connectivity index (χ0n) is 50.8. The van der Waals surface area contributed by atoms with Crippen molar-refractivity contribution in [2.75, 3.05) is 0 Å². The summed E-state index contributed by atoms with van der Waals surface area (Å²) in [6.07, 6.45) is 41.4. The fraction of sp³-hybridized carbons (Fsp3) is 0.317. The quantitative estimate of drug-likeness (QED) is 0.0457. The molecular formula is C82H88N2. The molecule has 7 aromatic carbocycles. The summed E-state index contributed by atoms with van der Waals surface area (Å²) in [6, 6.07) is 65.7. The standard InChI is InChI=1S/C82H88N2/c1-5-9-13-23-47-81(48-24-14-10-6-2)77-57-65(63-27-19-17-20-28-63)35-39-71(77)72-40-36-66(58-78(72)81)67-37-41-73-74-42-38-70(60-80(74)82(79(73)59-67,49-25-15-11-7-3)50-26-16-12-8-4)76-56-68(33-31-61-43-51-83-52-44-61)75(64-29-21-18-22-30-64)55-69(76)34-32-62-45-53-84-54-46-62/h17-22,27-46,51-60H,5-16,23-26,47-50H2,1-4H3/b33-31+,34-32+. The maximum Gasteiger partial charge on any atom is 0.0273 e. The van der Waals surface area contributed by atoms with Crippen LogP contribution in [0.5, 0.6) is 0 Å². The molecule has 0 spiro atoms. The highest BCUT2D eigenvalue weighted by Crippen LogP contribution is 2.58. The van der Waals surface area contributed by atoms with E-state index in [4.69, 9.17) is 0 Å². The van der Waals surface area contributed by atoms with Crippen LogP contribution in [-0.4, -0.2) is 9.97 Å². The van der Waals surface area contributed by atoms with E-state index in [1.165, 1.54) is 199 Å². The summed E-state index contributed by atoms with van der Waals surface area (Å²) in [4.78, 5) is 8.67. The van der Waals surface area contributed by atoms with Crippen LogP contribution < -0.4 is 0 Å². The molecule has 0 saturated heterocycles. The van der Waals surface area contributed by atoms with E-state index in [9.17, 15) is 0 Å². The first-order chi connectivity index (χ1) is 41.5. The minimum Gasteiger partial charge on any atom is -0.265 e. The Bertz CT molecular complexity index is 3640. The first kappa shape index (κ1) is 58.1. The zero-order valence-corrected chi connectivity index (χ0v) is 50.8. The fourth-order valence-corrected chi connectivity index (χ4v) is 14.4.